The van der Waals surface area contributed by atoms with Crippen LogP contribution in [-0.4, -0.2) is 33.5 Å². The van der Waals surface area contributed by atoms with E-state index in [1.165, 1.54) is 11.3 Å². The maximum Gasteiger partial charge on any atom is 0.243 e. The molecule has 1 unspecified atom stereocenters. The molecule has 106 valence electrons. The number of carbonyl (C=O) groups excluding carboxylic acids is 1. The fourth-order valence-corrected chi connectivity index (χ4v) is 3.04. The van der Waals surface area contributed by atoms with E-state index in [4.69, 9.17) is 4.52 Å². The second-order valence-corrected chi connectivity index (χ2v) is 5.65. The third-order valence-corrected chi connectivity index (χ3v) is 4.22. The van der Waals surface area contributed by atoms with Crippen molar-refractivity contribution in [3.8, 4) is 0 Å². The van der Waals surface area contributed by atoms with Crippen LogP contribution in [0.3, 0.4) is 0 Å². The summed E-state index contributed by atoms with van der Waals surface area (Å²) in [7, 11) is 0. The highest BCUT2D eigenvalue weighted by Crippen LogP contribution is 2.21. The molecule has 2 aromatic rings. The second kappa shape index (κ2) is 5.72. The Balaban J connectivity index is 1.69. The Bertz CT molecular complexity index is 581. The normalized spacial score (nSPS) is 16.6. The van der Waals surface area contributed by atoms with Crippen LogP contribution in [0.4, 0.5) is 5.13 Å². The van der Waals surface area contributed by atoms with Crippen molar-refractivity contribution in [1.29, 1.82) is 0 Å². The fourth-order valence-electron chi connectivity index (χ4n) is 2.51. The smallest absolute Gasteiger partial charge is 0.243 e. The van der Waals surface area contributed by atoms with Crippen LogP contribution in [0.15, 0.2) is 22.4 Å². The fraction of sp³-hybridized carbons (Fsp3) is 0.462. The van der Waals surface area contributed by atoms with E-state index in [0.29, 0.717) is 11.7 Å². The van der Waals surface area contributed by atoms with Crippen LogP contribution in [0.2, 0.25) is 0 Å². The number of thiazole rings is 1. The zero-order valence-electron chi connectivity index (χ0n) is 11.2. The molecule has 1 aliphatic rings. The van der Waals surface area contributed by atoms with Gasteiger partial charge in [-0.05, 0) is 6.42 Å². The summed E-state index contributed by atoms with van der Waals surface area (Å²) < 4.78 is 4.99. The summed E-state index contributed by atoms with van der Waals surface area (Å²) in [6.45, 7) is 3.56. The van der Waals surface area contributed by atoms with Crippen LogP contribution in [-0.2, 0) is 17.8 Å². The van der Waals surface area contributed by atoms with Crippen molar-refractivity contribution < 1.29 is 9.32 Å². The van der Waals surface area contributed by atoms with Gasteiger partial charge in [-0.3, -0.25) is 9.69 Å². The molecular formula is C13H16N4O2S. The van der Waals surface area contributed by atoms with E-state index in [2.05, 4.69) is 20.4 Å². The lowest BCUT2D eigenvalue weighted by Gasteiger charge is -2.32. The molecule has 0 spiro atoms. The van der Waals surface area contributed by atoms with Gasteiger partial charge in [0, 0.05) is 36.7 Å². The highest BCUT2D eigenvalue weighted by Gasteiger charge is 2.29. The SMILES string of the molecule is CCC(C(=O)Nc1nccs1)N1CCc2nocc2C1. The zero-order chi connectivity index (χ0) is 13.9. The number of nitrogens with one attached hydrogen (secondary N) is 1. The lowest BCUT2D eigenvalue weighted by molar-refractivity contribution is -0.121. The predicted octanol–water partition coefficient (Wildman–Crippen LogP) is 1.91. The van der Waals surface area contributed by atoms with Crippen LogP contribution >= 0.6 is 11.3 Å². The van der Waals surface area contributed by atoms with Crippen LogP contribution in [0.5, 0.6) is 0 Å². The van der Waals surface area contributed by atoms with Gasteiger partial charge in [0.05, 0.1) is 11.7 Å². The minimum Gasteiger partial charge on any atom is -0.364 e. The molecule has 0 saturated carbocycles. The Morgan fingerprint density at radius 3 is 3.30 bits per heavy atom. The Kier molecular flexibility index (Phi) is 3.79. The zero-order valence-corrected chi connectivity index (χ0v) is 12.0. The first kappa shape index (κ1) is 13.3. The third-order valence-electron chi connectivity index (χ3n) is 3.53. The van der Waals surface area contributed by atoms with Gasteiger partial charge in [-0.2, -0.15) is 0 Å². The molecule has 0 aromatic carbocycles. The van der Waals surface area contributed by atoms with Crippen LogP contribution in [0, 0.1) is 0 Å². The lowest BCUT2D eigenvalue weighted by atomic mass is 10.0. The molecule has 0 saturated heterocycles. The summed E-state index contributed by atoms with van der Waals surface area (Å²) in [5.41, 5.74) is 2.09. The minimum absolute atomic E-state index is 0.00218. The van der Waals surface area contributed by atoms with Gasteiger partial charge >= 0.3 is 0 Å². The van der Waals surface area contributed by atoms with Gasteiger partial charge in [-0.25, -0.2) is 4.98 Å². The maximum atomic E-state index is 12.4. The maximum absolute atomic E-state index is 12.4. The van der Waals surface area contributed by atoms with E-state index in [1.54, 1.807) is 12.5 Å². The molecular weight excluding hydrogens is 276 g/mol. The molecule has 0 radical (unpaired) electrons. The summed E-state index contributed by atoms with van der Waals surface area (Å²) in [6, 6.07) is -0.151. The number of anilines is 1. The molecule has 1 atom stereocenters. The molecule has 20 heavy (non-hydrogen) atoms. The highest BCUT2D eigenvalue weighted by molar-refractivity contribution is 7.13. The van der Waals surface area contributed by atoms with Crippen LogP contribution < -0.4 is 5.32 Å². The Morgan fingerprint density at radius 2 is 2.55 bits per heavy atom. The number of aromatic nitrogens is 2. The number of carbonyl (C=O) groups is 1. The van der Waals surface area contributed by atoms with Gasteiger partial charge in [0.15, 0.2) is 5.13 Å². The van der Waals surface area contributed by atoms with Crippen molar-refractivity contribution in [2.45, 2.75) is 32.4 Å². The highest BCUT2D eigenvalue weighted by atomic mass is 32.1. The molecule has 3 heterocycles. The number of amides is 1. The molecule has 1 N–H and O–H groups in total. The van der Waals surface area contributed by atoms with Gasteiger partial charge in [0.25, 0.3) is 0 Å². The first-order chi connectivity index (χ1) is 9.78. The summed E-state index contributed by atoms with van der Waals surface area (Å²) in [4.78, 5) is 18.6. The van der Waals surface area contributed by atoms with E-state index in [0.717, 1.165) is 30.6 Å². The number of nitrogens with zero attached hydrogens (tertiary/aromatic N) is 3. The summed E-state index contributed by atoms with van der Waals surface area (Å²) in [5, 5.41) is 9.34. The van der Waals surface area contributed by atoms with E-state index in [9.17, 15) is 4.79 Å². The van der Waals surface area contributed by atoms with Gasteiger partial charge in [0.1, 0.15) is 6.26 Å². The van der Waals surface area contributed by atoms with E-state index >= 15 is 0 Å². The Labute approximate surface area is 120 Å². The molecule has 6 nitrogen and oxygen atoms in total. The average Bonchev–Trinajstić information content (AvgIpc) is 3.09. The van der Waals surface area contributed by atoms with E-state index < -0.39 is 0 Å². The Morgan fingerprint density at radius 1 is 1.65 bits per heavy atom. The summed E-state index contributed by atoms with van der Waals surface area (Å²) >= 11 is 1.43. The van der Waals surface area contributed by atoms with Crippen molar-refractivity contribution in [3.05, 3.63) is 29.1 Å². The molecule has 0 bridgehead atoms. The predicted molar refractivity (Wildman–Crippen MR) is 75.4 cm³/mol. The van der Waals surface area contributed by atoms with Crippen molar-refractivity contribution in [2.24, 2.45) is 0 Å². The van der Waals surface area contributed by atoms with E-state index in [-0.39, 0.29) is 11.9 Å². The average molecular weight is 292 g/mol. The summed E-state index contributed by atoms with van der Waals surface area (Å²) in [5.74, 6) is 0.00218. The number of hydrogen-bond donors (Lipinski definition) is 1. The van der Waals surface area contributed by atoms with Crippen molar-refractivity contribution >= 4 is 22.4 Å². The van der Waals surface area contributed by atoms with Crippen LogP contribution in [0.1, 0.15) is 24.6 Å². The molecule has 0 aliphatic carbocycles. The van der Waals surface area contributed by atoms with Gasteiger partial charge < -0.3 is 9.84 Å². The standard InChI is InChI=1S/C13H16N4O2S/c1-2-11(12(18)15-13-14-4-6-20-13)17-5-3-10-9(7-17)8-19-16-10/h4,6,8,11H,2-3,5,7H2,1H3,(H,14,15,18). The molecule has 3 rings (SSSR count). The molecule has 0 fully saturated rings. The molecule has 1 amide bonds. The lowest BCUT2D eigenvalue weighted by Crippen LogP contribution is -2.45. The number of fused-ring (bicyclic) bond motifs is 1. The van der Waals surface area contributed by atoms with Crippen molar-refractivity contribution in [1.82, 2.24) is 15.0 Å². The third kappa shape index (κ3) is 2.59. The Hall–Kier alpha value is -1.73. The summed E-state index contributed by atoms with van der Waals surface area (Å²) in [6.07, 6.45) is 4.95. The van der Waals surface area contributed by atoms with Crippen LogP contribution in [0.25, 0.3) is 0 Å². The largest absolute Gasteiger partial charge is 0.364 e. The van der Waals surface area contributed by atoms with Crippen molar-refractivity contribution in [3.63, 3.8) is 0 Å². The topological polar surface area (TPSA) is 71.3 Å². The van der Waals surface area contributed by atoms with Gasteiger partial charge in [0.2, 0.25) is 5.91 Å². The molecule has 2 aromatic heterocycles. The number of rotatable bonds is 4. The van der Waals surface area contributed by atoms with Gasteiger partial charge in [-0.15, -0.1) is 11.3 Å². The number of hydrogen-bond acceptors (Lipinski definition) is 6. The first-order valence-corrected chi connectivity index (χ1v) is 7.52. The van der Waals surface area contributed by atoms with E-state index in [1.807, 2.05) is 12.3 Å². The second-order valence-electron chi connectivity index (χ2n) is 4.76. The quantitative estimate of drug-likeness (QED) is 0.932. The molecule has 1 aliphatic heterocycles. The molecule has 7 heteroatoms. The van der Waals surface area contributed by atoms with Crippen molar-refractivity contribution in [2.75, 3.05) is 11.9 Å². The van der Waals surface area contributed by atoms with Gasteiger partial charge in [-0.1, -0.05) is 12.1 Å². The minimum atomic E-state index is -0.151. The monoisotopic (exact) mass is 292 g/mol. The first-order valence-electron chi connectivity index (χ1n) is 6.64.